The first-order valence-corrected chi connectivity index (χ1v) is 8.56. The van der Waals surface area contributed by atoms with E-state index in [0.717, 1.165) is 32.7 Å². The highest BCUT2D eigenvalue weighted by molar-refractivity contribution is 5.89. The molecule has 0 atom stereocenters. The van der Waals surface area contributed by atoms with E-state index in [2.05, 4.69) is 31.4 Å². The van der Waals surface area contributed by atoms with Crippen molar-refractivity contribution < 1.29 is 14.3 Å². The third kappa shape index (κ3) is 3.85. The summed E-state index contributed by atoms with van der Waals surface area (Å²) in [6.07, 6.45) is 1.45. The molecule has 1 aromatic heterocycles. The Morgan fingerprint density at radius 1 is 1.15 bits per heavy atom. The fraction of sp³-hybridized carbons (Fsp3) is 0.389. The van der Waals surface area contributed by atoms with E-state index < -0.39 is 5.97 Å². The van der Waals surface area contributed by atoms with Crippen molar-refractivity contribution in [2.75, 3.05) is 50.5 Å². The van der Waals surface area contributed by atoms with Crippen LogP contribution in [0.1, 0.15) is 17.3 Å². The van der Waals surface area contributed by atoms with Crippen LogP contribution >= 0.6 is 0 Å². The Balaban J connectivity index is 1.74. The molecule has 1 aliphatic heterocycles. The molecule has 3 rings (SSSR count). The topological polar surface area (TPSA) is 93.8 Å². The highest BCUT2D eigenvalue weighted by atomic mass is 16.5. The number of piperazine rings is 1. The summed E-state index contributed by atoms with van der Waals surface area (Å²) in [5.41, 5.74) is 7.11. The lowest BCUT2D eigenvalue weighted by atomic mass is 10.2. The van der Waals surface area contributed by atoms with Gasteiger partial charge in [0.15, 0.2) is 5.82 Å². The van der Waals surface area contributed by atoms with E-state index >= 15 is 0 Å². The number of anilines is 2. The maximum atomic E-state index is 11.5. The Morgan fingerprint density at radius 3 is 2.46 bits per heavy atom. The zero-order valence-corrected chi connectivity index (χ0v) is 15.0. The molecule has 2 heterocycles. The van der Waals surface area contributed by atoms with Gasteiger partial charge in [-0.3, -0.25) is 0 Å². The minimum atomic E-state index is -0.397. The molecule has 0 bridgehead atoms. The van der Waals surface area contributed by atoms with Crippen molar-refractivity contribution in [3.05, 3.63) is 36.2 Å². The highest BCUT2D eigenvalue weighted by Crippen LogP contribution is 2.31. The van der Waals surface area contributed by atoms with Gasteiger partial charge in [-0.15, -0.1) is 0 Å². The molecule has 8 nitrogen and oxygen atoms in total. The van der Waals surface area contributed by atoms with E-state index in [-0.39, 0.29) is 0 Å². The molecule has 1 saturated heterocycles. The van der Waals surface area contributed by atoms with Crippen molar-refractivity contribution in [3.63, 3.8) is 0 Å². The fourth-order valence-corrected chi connectivity index (χ4v) is 2.87. The molecule has 0 radical (unpaired) electrons. The van der Waals surface area contributed by atoms with Gasteiger partial charge in [0.1, 0.15) is 17.8 Å². The number of ether oxygens (including phenoxy) is 2. The molecule has 138 valence electrons. The minimum Gasteiger partial charge on any atom is -0.465 e. The summed E-state index contributed by atoms with van der Waals surface area (Å²) in [7, 11) is 1.34. The maximum Gasteiger partial charge on any atom is 0.337 e. The quantitative estimate of drug-likeness (QED) is 0.810. The first-order chi connectivity index (χ1) is 12.6. The van der Waals surface area contributed by atoms with E-state index in [1.807, 2.05) is 0 Å². The van der Waals surface area contributed by atoms with Crippen molar-refractivity contribution >= 4 is 17.5 Å². The fourth-order valence-electron chi connectivity index (χ4n) is 2.87. The summed E-state index contributed by atoms with van der Waals surface area (Å²) < 4.78 is 10.5. The zero-order valence-electron chi connectivity index (χ0n) is 15.0. The van der Waals surface area contributed by atoms with Crippen LogP contribution in [0, 0.1) is 0 Å². The number of methoxy groups -OCH3 is 1. The second kappa shape index (κ2) is 8.01. The van der Waals surface area contributed by atoms with Crippen LogP contribution < -0.4 is 15.4 Å². The average molecular weight is 357 g/mol. The highest BCUT2D eigenvalue weighted by Gasteiger charge is 2.21. The molecule has 0 aliphatic carbocycles. The smallest absolute Gasteiger partial charge is 0.337 e. The van der Waals surface area contributed by atoms with Crippen LogP contribution in [0.2, 0.25) is 0 Å². The predicted molar refractivity (Wildman–Crippen MR) is 98.6 cm³/mol. The van der Waals surface area contributed by atoms with Gasteiger partial charge in [0, 0.05) is 26.2 Å². The molecule has 2 N–H and O–H groups in total. The molecular weight excluding hydrogens is 334 g/mol. The van der Waals surface area contributed by atoms with Crippen LogP contribution in [0.5, 0.6) is 11.6 Å². The van der Waals surface area contributed by atoms with Gasteiger partial charge in [-0.1, -0.05) is 6.92 Å². The standard InChI is InChI=1S/C18H23N5O3/c1-3-22-8-10-23(11-9-22)16-15(19)17(21-12-20-16)26-14-6-4-13(5-7-14)18(24)25-2/h4-7,12H,3,8-11,19H2,1-2H3. The number of rotatable bonds is 5. The number of nitrogens with zero attached hydrogens (tertiary/aromatic N) is 4. The molecule has 0 saturated carbocycles. The number of benzene rings is 1. The summed E-state index contributed by atoms with van der Waals surface area (Å²) >= 11 is 0. The first-order valence-electron chi connectivity index (χ1n) is 8.56. The lowest BCUT2D eigenvalue weighted by Crippen LogP contribution is -2.46. The van der Waals surface area contributed by atoms with E-state index in [1.165, 1.54) is 13.4 Å². The van der Waals surface area contributed by atoms with Crippen LogP contribution in [0.4, 0.5) is 11.5 Å². The van der Waals surface area contributed by atoms with Crippen molar-refractivity contribution in [1.29, 1.82) is 0 Å². The monoisotopic (exact) mass is 357 g/mol. The summed E-state index contributed by atoms with van der Waals surface area (Å²) in [5, 5.41) is 0. The number of esters is 1. The third-order valence-electron chi connectivity index (χ3n) is 4.44. The molecule has 8 heteroatoms. The summed E-state index contributed by atoms with van der Waals surface area (Å²) in [4.78, 5) is 24.5. The predicted octanol–water partition coefficient (Wildman–Crippen LogP) is 1.78. The number of carbonyl (C=O) groups is 1. The Labute approximate surface area is 152 Å². The summed E-state index contributed by atoms with van der Waals surface area (Å²) in [6, 6.07) is 6.61. The van der Waals surface area contributed by atoms with Gasteiger partial charge in [-0.2, -0.15) is 4.98 Å². The van der Waals surface area contributed by atoms with Crippen molar-refractivity contribution in [3.8, 4) is 11.6 Å². The van der Waals surface area contributed by atoms with Gasteiger partial charge < -0.3 is 25.0 Å². The summed E-state index contributed by atoms with van der Waals surface area (Å²) in [6.45, 7) is 6.88. The molecule has 1 aromatic carbocycles. The molecule has 1 fully saturated rings. The lowest BCUT2D eigenvalue weighted by Gasteiger charge is -2.35. The molecule has 0 spiro atoms. The van der Waals surface area contributed by atoms with Crippen LogP contribution in [-0.4, -0.2) is 60.7 Å². The Kier molecular flexibility index (Phi) is 5.52. The second-order valence-electron chi connectivity index (χ2n) is 5.96. The number of nitrogen functional groups attached to an aromatic ring is 1. The molecule has 1 aliphatic rings. The number of aromatic nitrogens is 2. The largest absolute Gasteiger partial charge is 0.465 e. The second-order valence-corrected chi connectivity index (χ2v) is 5.96. The normalized spacial score (nSPS) is 14.9. The van der Waals surface area contributed by atoms with Crippen molar-refractivity contribution in [2.24, 2.45) is 0 Å². The van der Waals surface area contributed by atoms with Crippen LogP contribution in [0.25, 0.3) is 0 Å². The number of hydrogen-bond donors (Lipinski definition) is 1. The van der Waals surface area contributed by atoms with Gasteiger partial charge in [0.05, 0.1) is 12.7 Å². The molecule has 0 amide bonds. The third-order valence-corrected chi connectivity index (χ3v) is 4.44. The number of likely N-dealkylation sites (N-methyl/N-ethyl adjacent to an activating group) is 1. The summed E-state index contributed by atoms with van der Waals surface area (Å²) in [5.74, 6) is 1.13. The van der Waals surface area contributed by atoms with E-state index in [4.69, 9.17) is 10.5 Å². The molecule has 26 heavy (non-hydrogen) atoms. The molecule has 2 aromatic rings. The number of hydrogen-bond acceptors (Lipinski definition) is 8. The van der Waals surface area contributed by atoms with Crippen molar-refractivity contribution in [2.45, 2.75) is 6.92 Å². The van der Waals surface area contributed by atoms with Gasteiger partial charge in [0.2, 0.25) is 5.88 Å². The van der Waals surface area contributed by atoms with Crippen LogP contribution in [0.3, 0.4) is 0 Å². The number of carbonyl (C=O) groups excluding carboxylic acids is 1. The van der Waals surface area contributed by atoms with Crippen LogP contribution in [0.15, 0.2) is 30.6 Å². The lowest BCUT2D eigenvalue weighted by molar-refractivity contribution is 0.0600. The zero-order chi connectivity index (χ0) is 18.5. The Hall–Kier alpha value is -2.87. The van der Waals surface area contributed by atoms with E-state index in [1.54, 1.807) is 24.3 Å². The molecule has 0 unspecified atom stereocenters. The SMILES string of the molecule is CCN1CCN(c2ncnc(Oc3ccc(C(=O)OC)cc3)c2N)CC1. The van der Waals surface area contributed by atoms with Gasteiger partial charge >= 0.3 is 5.97 Å². The average Bonchev–Trinajstić information content (AvgIpc) is 2.69. The van der Waals surface area contributed by atoms with E-state index in [0.29, 0.717) is 28.7 Å². The molecular formula is C18H23N5O3. The van der Waals surface area contributed by atoms with Gasteiger partial charge in [-0.05, 0) is 30.8 Å². The maximum absolute atomic E-state index is 11.5. The van der Waals surface area contributed by atoms with E-state index in [9.17, 15) is 4.79 Å². The first kappa shape index (κ1) is 17.9. The minimum absolute atomic E-state index is 0.304. The Morgan fingerprint density at radius 2 is 1.85 bits per heavy atom. The van der Waals surface area contributed by atoms with Gasteiger partial charge in [-0.25, -0.2) is 9.78 Å². The number of nitrogens with two attached hydrogens (primary N) is 1. The van der Waals surface area contributed by atoms with Gasteiger partial charge in [0.25, 0.3) is 0 Å². The van der Waals surface area contributed by atoms with Crippen LogP contribution in [-0.2, 0) is 4.74 Å². The Bertz CT molecular complexity index is 758. The van der Waals surface area contributed by atoms with Crippen molar-refractivity contribution in [1.82, 2.24) is 14.9 Å².